The summed E-state index contributed by atoms with van der Waals surface area (Å²) in [7, 11) is 0.111. The van der Waals surface area contributed by atoms with Gasteiger partial charge in [-0.3, -0.25) is 9.35 Å². The summed E-state index contributed by atoms with van der Waals surface area (Å²) < 4.78 is 30.8. The first kappa shape index (κ1) is 18.1. The molecule has 19 heavy (non-hydrogen) atoms. The van der Waals surface area contributed by atoms with Crippen molar-refractivity contribution in [2.75, 3.05) is 32.9 Å². The molecule has 0 saturated heterocycles. The van der Waals surface area contributed by atoms with E-state index in [1.807, 2.05) is 21.0 Å². The van der Waals surface area contributed by atoms with E-state index in [4.69, 9.17) is 4.55 Å². The lowest BCUT2D eigenvalue weighted by atomic mass is 10.2. The Morgan fingerprint density at radius 3 is 2.53 bits per heavy atom. The van der Waals surface area contributed by atoms with E-state index in [0.717, 1.165) is 13.0 Å². The molecular weight excluding hydrogens is 268 g/mol. The monoisotopic (exact) mass is 293 g/mol. The van der Waals surface area contributed by atoms with Gasteiger partial charge in [0.05, 0.1) is 32.4 Å². The third-order valence-corrected chi connectivity index (χ3v) is 4.13. The van der Waals surface area contributed by atoms with E-state index in [-0.39, 0.29) is 17.7 Å². The number of nitrogens with one attached hydrogen (secondary N) is 1. The van der Waals surface area contributed by atoms with Crippen LogP contribution in [0.25, 0.3) is 0 Å². The molecule has 1 unspecified atom stereocenters. The maximum atomic E-state index is 11.0. The first-order valence-electron chi connectivity index (χ1n) is 6.26. The number of quaternary nitrogens is 1. The molecule has 6 nitrogen and oxygen atoms in total. The fourth-order valence-corrected chi connectivity index (χ4v) is 2.30. The molecule has 1 atom stereocenters. The molecule has 0 aromatic heterocycles. The summed E-state index contributed by atoms with van der Waals surface area (Å²) in [5.74, 6) is -0.409. The normalized spacial score (nSPS) is 13.9. The smallest absolute Gasteiger partial charge is 0.265 e. The van der Waals surface area contributed by atoms with Gasteiger partial charge in [0.15, 0.2) is 0 Å². The van der Waals surface area contributed by atoms with Gasteiger partial charge in [-0.25, -0.2) is 0 Å². The van der Waals surface area contributed by atoms with Gasteiger partial charge in [0.25, 0.3) is 10.1 Å². The third kappa shape index (κ3) is 8.74. The number of rotatable bonds is 9. The van der Waals surface area contributed by atoms with Gasteiger partial charge >= 0.3 is 0 Å². The minimum atomic E-state index is -3.90. The number of carbonyl (C=O) groups is 1. The first-order chi connectivity index (χ1) is 8.58. The van der Waals surface area contributed by atoms with Crippen LogP contribution in [0.2, 0.25) is 0 Å². The molecule has 0 aliphatic rings. The highest BCUT2D eigenvalue weighted by molar-refractivity contribution is 7.85. The van der Waals surface area contributed by atoms with Crippen LogP contribution >= 0.6 is 0 Å². The van der Waals surface area contributed by atoms with Crippen molar-refractivity contribution in [1.29, 1.82) is 0 Å². The zero-order valence-corrected chi connectivity index (χ0v) is 12.7. The lowest BCUT2D eigenvalue weighted by Gasteiger charge is -2.36. The number of hydrogen-bond acceptors (Lipinski definition) is 3. The van der Waals surface area contributed by atoms with Crippen molar-refractivity contribution < 1.29 is 22.2 Å². The van der Waals surface area contributed by atoms with Crippen molar-refractivity contribution in [3.8, 4) is 0 Å². The Balaban J connectivity index is 4.08. The second kappa shape index (κ2) is 7.62. The average Bonchev–Trinajstić information content (AvgIpc) is 2.30. The SMILES string of the molecule is C=CC(=O)NCCC[N+](C)(C)C(C)CCS(=O)(=O)O. The van der Waals surface area contributed by atoms with Crippen molar-refractivity contribution in [1.82, 2.24) is 5.32 Å². The number of carbonyl (C=O) groups excluding carboxylic acids is 1. The van der Waals surface area contributed by atoms with Gasteiger partial charge in [-0.05, 0) is 13.0 Å². The Hall–Kier alpha value is -0.920. The summed E-state index contributed by atoms with van der Waals surface area (Å²) >= 11 is 0. The molecule has 0 radical (unpaired) electrons. The van der Waals surface area contributed by atoms with Gasteiger partial charge in [0.1, 0.15) is 0 Å². The van der Waals surface area contributed by atoms with Gasteiger partial charge in [-0.15, -0.1) is 0 Å². The third-order valence-electron chi connectivity index (χ3n) is 3.38. The van der Waals surface area contributed by atoms with Crippen LogP contribution in [0.5, 0.6) is 0 Å². The zero-order chi connectivity index (χ0) is 15.1. The van der Waals surface area contributed by atoms with E-state index in [2.05, 4.69) is 11.9 Å². The van der Waals surface area contributed by atoms with Crippen molar-refractivity contribution >= 4 is 16.0 Å². The Morgan fingerprint density at radius 1 is 1.47 bits per heavy atom. The predicted octanol–water partition coefficient (Wildman–Crippen LogP) is 0.422. The van der Waals surface area contributed by atoms with Crippen LogP contribution in [0.15, 0.2) is 12.7 Å². The standard InChI is InChI=1S/C12H24N2O4S/c1-5-12(15)13-8-6-9-14(3,4)11(2)7-10-19(16,17)18/h5,11H,1,6-10H2,2-4H3,(H-,13,15,16,17,18)/p+1. The van der Waals surface area contributed by atoms with Gasteiger partial charge in [0.2, 0.25) is 5.91 Å². The summed E-state index contributed by atoms with van der Waals surface area (Å²) in [6.07, 6.45) is 2.43. The van der Waals surface area contributed by atoms with E-state index in [1.165, 1.54) is 6.08 Å². The summed E-state index contributed by atoms with van der Waals surface area (Å²) in [6, 6.07) is 0.108. The maximum absolute atomic E-state index is 11.0. The molecule has 0 aliphatic heterocycles. The van der Waals surface area contributed by atoms with Crippen molar-refractivity contribution in [3.63, 3.8) is 0 Å². The molecule has 0 spiro atoms. The molecule has 0 aromatic rings. The largest absolute Gasteiger partial charge is 0.352 e. The van der Waals surface area contributed by atoms with Gasteiger partial charge in [0, 0.05) is 19.4 Å². The molecule has 7 heteroatoms. The molecule has 0 bridgehead atoms. The second-order valence-corrected chi connectivity index (χ2v) is 6.85. The Kier molecular flexibility index (Phi) is 7.25. The summed E-state index contributed by atoms with van der Waals surface area (Å²) in [4.78, 5) is 11.0. The lowest BCUT2D eigenvalue weighted by Crippen LogP contribution is -2.49. The number of nitrogens with zero attached hydrogens (tertiary/aromatic N) is 1. The lowest BCUT2D eigenvalue weighted by molar-refractivity contribution is -0.913. The van der Waals surface area contributed by atoms with Crippen LogP contribution in [0.1, 0.15) is 19.8 Å². The Labute approximate surface area is 115 Å². The highest BCUT2D eigenvalue weighted by Gasteiger charge is 2.24. The van der Waals surface area contributed by atoms with E-state index in [0.29, 0.717) is 17.4 Å². The molecule has 0 fully saturated rings. The number of amides is 1. The summed E-state index contributed by atoms with van der Waals surface area (Å²) in [5.41, 5.74) is 0. The first-order valence-corrected chi connectivity index (χ1v) is 7.87. The number of hydrogen-bond donors (Lipinski definition) is 2. The molecular formula is C12H25N2O4S+. The maximum Gasteiger partial charge on any atom is 0.265 e. The van der Waals surface area contributed by atoms with Gasteiger partial charge < -0.3 is 9.80 Å². The molecule has 0 aliphatic carbocycles. The molecule has 2 N–H and O–H groups in total. The highest BCUT2D eigenvalue weighted by Crippen LogP contribution is 2.12. The molecule has 112 valence electrons. The van der Waals surface area contributed by atoms with Crippen molar-refractivity contribution in [2.45, 2.75) is 25.8 Å². The van der Waals surface area contributed by atoms with Crippen LogP contribution in [0.3, 0.4) is 0 Å². The second-order valence-electron chi connectivity index (χ2n) is 5.27. The van der Waals surface area contributed by atoms with Gasteiger partial charge in [-0.1, -0.05) is 6.58 Å². The van der Waals surface area contributed by atoms with E-state index >= 15 is 0 Å². The Morgan fingerprint density at radius 2 is 2.05 bits per heavy atom. The predicted molar refractivity (Wildman–Crippen MR) is 75.3 cm³/mol. The minimum absolute atomic E-state index is 0.108. The van der Waals surface area contributed by atoms with Crippen molar-refractivity contribution in [2.24, 2.45) is 0 Å². The summed E-state index contributed by atoms with van der Waals surface area (Å²) in [6.45, 7) is 6.70. The fraction of sp³-hybridized carbons (Fsp3) is 0.750. The molecule has 0 saturated carbocycles. The average molecular weight is 293 g/mol. The minimum Gasteiger partial charge on any atom is -0.352 e. The van der Waals surface area contributed by atoms with Crippen molar-refractivity contribution in [3.05, 3.63) is 12.7 Å². The van der Waals surface area contributed by atoms with E-state index < -0.39 is 10.1 Å². The quantitative estimate of drug-likeness (QED) is 0.279. The molecule has 1 amide bonds. The van der Waals surface area contributed by atoms with Crippen LogP contribution in [0, 0.1) is 0 Å². The van der Waals surface area contributed by atoms with Crippen LogP contribution in [-0.2, 0) is 14.9 Å². The van der Waals surface area contributed by atoms with Crippen LogP contribution < -0.4 is 5.32 Å². The molecule has 0 rings (SSSR count). The molecule has 0 heterocycles. The molecule has 0 aromatic carbocycles. The highest BCUT2D eigenvalue weighted by atomic mass is 32.2. The summed E-state index contributed by atoms with van der Waals surface area (Å²) in [5, 5.41) is 2.70. The van der Waals surface area contributed by atoms with Crippen LogP contribution in [-0.4, -0.2) is 62.3 Å². The van der Waals surface area contributed by atoms with Gasteiger partial charge in [-0.2, -0.15) is 8.42 Å². The Bertz CT molecular complexity index is 404. The van der Waals surface area contributed by atoms with E-state index in [1.54, 1.807) is 0 Å². The van der Waals surface area contributed by atoms with Crippen LogP contribution in [0.4, 0.5) is 0 Å². The zero-order valence-electron chi connectivity index (χ0n) is 11.9. The topological polar surface area (TPSA) is 83.5 Å². The van der Waals surface area contributed by atoms with E-state index in [9.17, 15) is 13.2 Å². The fourth-order valence-electron chi connectivity index (χ4n) is 1.66.